The Kier molecular flexibility index (Phi) is 9.86. The van der Waals surface area contributed by atoms with Crippen molar-refractivity contribution in [1.82, 2.24) is 10.7 Å². The number of rotatable bonds is 9. The van der Waals surface area contributed by atoms with Crippen molar-refractivity contribution in [3.8, 4) is 11.5 Å². The number of methoxy groups -OCH3 is 1. The first kappa shape index (κ1) is 25.9. The van der Waals surface area contributed by atoms with Crippen molar-refractivity contribution in [2.24, 2.45) is 5.10 Å². The molecule has 0 saturated carbocycles. The van der Waals surface area contributed by atoms with Gasteiger partial charge in [0.25, 0.3) is 5.91 Å². The number of hydrogen-bond donors (Lipinski definition) is 3. The number of hydrogen-bond acceptors (Lipinski definition) is 6. The Balaban J connectivity index is 1.99. The Morgan fingerprint density at radius 2 is 1.94 bits per heavy atom. The second-order valence-electron chi connectivity index (χ2n) is 7.22. The van der Waals surface area contributed by atoms with Crippen LogP contribution >= 0.6 is 15.9 Å². The normalized spacial score (nSPS) is 11.5. The van der Waals surface area contributed by atoms with Crippen LogP contribution in [0.2, 0.25) is 0 Å². The van der Waals surface area contributed by atoms with Gasteiger partial charge in [0, 0.05) is 11.7 Å². The van der Waals surface area contributed by atoms with Crippen molar-refractivity contribution in [2.75, 3.05) is 19.0 Å². The minimum atomic E-state index is -0.864. The molecule has 0 heterocycles. The molecule has 0 unspecified atom stereocenters. The van der Waals surface area contributed by atoms with E-state index in [-0.39, 0.29) is 18.6 Å². The highest BCUT2D eigenvalue weighted by Gasteiger charge is 2.15. The number of nitrogens with one attached hydrogen (secondary N) is 3. The summed E-state index contributed by atoms with van der Waals surface area (Å²) in [4.78, 5) is 35.8. The Hall–Kier alpha value is -3.40. The molecule has 0 aliphatic rings. The van der Waals surface area contributed by atoms with Gasteiger partial charge in [-0.3, -0.25) is 14.4 Å². The van der Waals surface area contributed by atoms with E-state index < -0.39 is 11.8 Å². The Bertz CT molecular complexity index is 1040. The first-order valence-corrected chi connectivity index (χ1v) is 11.0. The molecule has 3 N–H and O–H groups in total. The molecule has 0 fully saturated rings. The number of halogens is 1. The van der Waals surface area contributed by atoms with E-state index >= 15 is 0 Å². The molecule has 0 aliphatic heterocycles. The first-order valence-electron chi connectivity index (χ1n) is 10.2. The molecule has 10 heteroatoms. The Labute approximate surface area is 201 Å². The van der Waals surface area contributed by atoms with Gasteiger partial charge >= 0.3 is 11.8 Å². The van der Waals surface area contributed by atoms with Crippen LogP contribution in [-0.4, -0.2) is 43.7 Å². The standard InChI is InChI=1S/C23H27BrN4O5/c1-5-15(3)26-22(30)23(31)28-25-12-16-10-18(24)21(19(11-16)32-4)33-13-20(29)27-17-8-6-7-14(2)9-17/h6-12,15H,5,13H2,1-4H3,(H,26,30)(H,27,29)(H,28,31)/b25-12-/t15-/m1/s1. The van der Waals surface area contributed by atoms with Crippen molar-refractivity contribution >= 4 is 45.6 Å². The van der Waals surface area contributed by atoms with Gasteiger partial charge in [0.2, 0.25) is 0 Å². The van der Waals surface area contributed by atoms with Crippen LogP contribution in [0.4, 0.5) is 5.69 Å². The highest BCUT2D eigenvalue weighted by Crippen LogP contribution is 2.36. The van der Waals surface area contributed by atoms with Gasteiger partial charge in [-0.1, -0.05) is 19.1 Å². The van der Waals surface area contributed by atoms with Gasteiger partial charge in [-0.25, -0.2) is 5.43 Å². The lowest BCUT2D eigenvalue weighted by Crippen LogP contribution is -2.41. The number of nitrogens with zero attached hydrogens (tertiary/aromatic N) is 1. The summed E-state index contributed by atoms with van der Waals surface area (Å²) in [7, 11) is 1.46. The number of amides is 3. The summed E-state index contributed by atoms with van der Waals surface area (Å²) in [5.41, 5.74) is 4.46. The van der Waals surface area contributed by atoms with E-state index in [1.165, 1.54) is 13.3 Å². The van der Waals surface area contributed by atoms with Gasteiger partial charge in [-0.05, 0) is 71.6 Å². The quantitative estimate of drug-likeness (QED) is 0.267. The summed E-state index contributed by atoms with van der Waals surface area (Å²) in [5, 5.41) is 9.13. The first-order chi connectivity index (χ1) is 15.7. The van der Waals surface area contributed by atoms with E-state index in [1.54, 1.807) is 25.1 Å². The Morgan fingerprint density at radius 3 is 2.61 bits per heavy atom. The van der Waals surface area contributed by atoms with Gasteiger partial charge in [0.1, 0.15) is 0 Å². The summed E-state index contributed by atoms with van der Waals surface area (Å²) >= 11 is 3.39. The smallest absolute Gasteiger partial charge is 0.329 e. The molecule has 3 amide bonds. The van der Waals surface area contributed by atoms with Gasteiger partial charge in [0.05, 0.1) is 17.8 Å². The molecular formula is C23H27BrN4O5. The van der Waals surface area contributed by atoms with E-state index in [0.717, 1.165) is 5.56 Å². The number of carbonyl (C=O) groups excluding carboxylic acids is 3. The molecule has 176 valence electrons. The van der Waals surface area contributed by atoms with Crippen LogP contribution in [0, 0.1) is 6.92 Å². The van der Waals surface area contributed by atoms with Crippen LogP contribution in [0.5, 0.6) is 11.5 Å². The number of carbonyl (C=O) groups is 3. The molecule has 0 radical (unpaired) electrons. The van der Waals surface area contributed by atoms with E-state index in [4.69, 9.17) is 9.47 Å². The highest BCUT2D eigenvalue weighted by atomic mass is 79.9. The van der Waals surface area contributed by atoms with Crippen molar-refractivity contribution in [3.05, 3.63) is 52.0 Å². The molecule has 0 saturated heterocycles. The maximum absolute atomic E-state index is 12.2. The lowest BCUT2D eigenvalue weighted by molar-refractivity contribution is -0.139. The van der Waals surface area contributed by atoms with E-state index in [9.17, 15) is 14.4 Å². The second-order valence-corrected chi connectivity index (χ2v) is 8.08. The SMILES string of the molecule is CC[C@@H](C)NC(=O)C(=O)N/N=C\c1cc(Br)c(OCC(=O)Nc2cccc(C)c2)c(OC)c1. The van der Waals surface area contributed by atoms with Crippen LogP contribution in [0.1, 0.15) is 31.4 Å². The summed E-state index contributed by atoms with van der Waals surface area (Å²) < 4.78 is 11.5. The van der Waals surface area contributed by atoms with E-state index in [1.807, 2.05) is 32.0 Å². The zero-order chi connectivity index (χ0) is 24.4. The maximum atomic E-state index is 12.2. The topological polar surface area (TPSA) is 118 Å². The number of benzene rings is 2. The molecule has 9 nitrogen and oxygen atoms in total. The Morgan fingerprint density at radius 1 is 1.18 bits per heavy atom. The van der Waals surface area contributed by atoms with Crippen LogP contribution in [0.15, 0.2) is 46.0 Å². The minimum Gasteiger partial charge on any atom is -0.493 e. The third kappa shape index (κ3) is 8.23. The molecule has 33 heavy (non-hydrogen) atoms. The molecule has 2 rings (SSSR count). The minimum absolute atomic E-state index is 0.112. The molecule has 2 aromatic rings. The van der Waals surface area contributed by atoms with Crippen LogP contribution in [0.25, 0.3) is 0 Å². The highest BCUT2D eigenvalue weighted by molar-refractivity contribution is 9.10. The number of anilines is 1. The van der Waals surface area contributed by atoms with Gasteiger partial charge in [-0.15, -0.1) is 0 Å². The molecule has 0 spiro atoms. The fourth-order valence-corrected chi connectivity index (χ4v) is 3.19. The van der Waals surface area contributed by atoms with Crippen molar-refractivity contribution in [3.63, 3.8) is 0 Å². The number of hydrazone groups is 1. The molecular weight excluding hydrogens is 492 g/mol. The molecule has 0 bridgehead atoms. The third-order valence-electron chi connectivity index (χ3n) is 4.48. The predicted octanol–water partition coefficient (Wildman–Crippen LogP) is 3.15. The van der Waals surface area contributed by atoms with Crippen LogP contribution in [0.3, 0.4) is 0 Å². The zero-order valence-corrected chi connectivity index (χ0v) is 20.5. The summed E-state index contributed by atoms with van der Waals surface area (Å²) in [5.74, 6) is -1.25. The summed E-state index contributed by atoms with van der Waals surface area (Å²) in [6, 6.07) is 10.6. The van der Waals surface area contributed by atoms with Crippen molar-refractivity contribution in [2.45, 2.75) is 33.2 Å². The maximum Gasteiger partial charge on any atom is 0.329 e. The van der Waals surface area contributed by atoms with Crippen LogP contribution < -0.4 is 25.5 Å². The van der Waals surface area contributed by atoms with Crippen LogP contribution in [-0.2, 0) is 14.4 Å². The fraction of sp³-hybridized carbons (Fsp3) is 0.304. The second kappa shape index (κ2) is 12.6. The van der Waals surface area contributed by atoms with Gasteiger partial charge in [0.15, 0.2) is 18.1 Å². The van der Waals surface area contributed by atoms with Gasteiger partial charge in [-0.2, -0.15) is 5.10 Å². The monoisotopic (exact) mass is 518 g/mol. The third-order valence-corrected chi connectivity index (χ3v) is 5.07. The number of aryl methyl sites for hydroxylation is 1. The molecule has 0 aliphatic carbocycles. The molecule has 0 aromatic heterocycles. The van der Waals surface area contributed by atoms with Crippen molar-refractivity contribution in [1.29, 1.82) is 0 Å². The summed E-state index contributed by atoms with van der Waals surface area (Å²) in [6.07, 6.45) is 2.06. The van der Waals surface area contributed by atoms with E-state index in [0.29, 0.717) is 33.6 Å². The van der Waals surface area contributed by atoms with Gasteiger partial charge < -0.3 is 20.1 Å². The zero-order valence-electron chi connectivity index (χ0n) is 18.9. The average Bonchev–Trinajstić information content (AvgIpc) is 2.77. The van der Waals surface area contributed by atoms with Crippen molar-refractivity contribution < 1.29 is 23.9 Å². The summed E-state index contributed by atoms with van der Waals surface area (Å²) in [6.45, 7) is 5.41. The fourth-order valence-electron chi connectivity index (χ4n) is 2.62. The predicted molar refractivity (Wildman–Crippen MR) is 130 cm³/mol. The number of ether oxygens (including phenoxy) is 2. The molecule has 2 aromatic carbocycles. The lowest BCUT2D eigenvalue weighted by atomic mass is 10.2. The lowest BCUT2D eigenvalue weighted by Gasteiger charge is -2.13. The largest absolute Gasteiger partial charge is 0.493 e. The van der Waals surface area contributed by atoms with E-state index in [2.05, 4.69) is 37.1 Å². The molecule has 1 atom stereocenters. The average molecular weight is 519 g/mol.